The van der Waals surface area contributed by atoms with Gasteiger partial charge in [-0.3, -0.25) is 4.79 Å². The molecule has 0 N–H and O–H groups in total. The first-order valence-corrected chi connectivity index (χ1v) is 9.86. The Morgan fingerprint density at radius 1 is 1.09 bits per heavy atom. The molecule has 0 aliphatic carbocycles. The fraction of sp³-hybridized carbons (Fsp3) is 0.737. The third-order valence-electron chi connectivity index (χ3n) is 4.03. The Kier molecular flexibility index (Phi) is 11.1. The van der Waals surface area contributed by atoms with Gasteiger partial charge in [0.2, 0.25) is 0 Å². The van der Waals surface area contributed by atoms with Crippen molar-refractivity contribution in [2.45, 2.75) is 90.6 Å². The minimum Gasteiger partial charge on any atom is -0.462 e. The highest BCUT2D eigenvalue weighted by atomic mass is 32.1. The van der Waals surface area contributed by atoms with Crippen LogP contribution in [0.2, 0.25) is 0 Å². The normalized spacial score (nSPS) is 12.3. The number of ether oxygens (including phenoxy) is 1. The van der Waals surface area contributed by atoms with Gasteiger partial charge in [-0.25, -0.2) is 0 Å². The van der Waals surface area contributed by atoms with E-state index in [2.05, 4.69) is 13.8 Å². The predicted octanol–water partition coefficient (Wildman–Crippen LogP) is 6.14. The smallest absolute Gasteiger partial charge is 0.311 e. The number of hydrogen-bond acceptors (Lipinski definition) is 3. The van der Waals surface area contributed by atoms with Gasteiger partial charge in [-0.1, -0.05) is 64.9 Å². The summed E-state index contributed by atoms with van der Waals surface area (Å²) in [7, 11) is 0. The molecule has 1 aromatic rings. The summed E-state index contributed by atoms with van der Waals surface area (Å²) in [6.07, 6.45) is 13.0. The van der Waals surface area contributed by atoms with E-state index in [0.717, 1.165) is 17.7 Å². The van der Waals surface area contributed by atoms with Gasteiger partial charge >= 0.3 is 5.97 Å². The van der Waals surface area contributed by atoms with Crippen molar-refractivity contribution in [1.82, 2.24) is 0 Å². The molecule has 0 bridgehead atoms. The molecule has 0 amide bonds. The van der Waals surface area contributed by atoms with Crippen molar-refractivity contribution in [1.29, 1.82) is 0 Å². The minimum absolute atomic E-state index is 0.0751. The van der Waals surface area contributed by atoms with Crippen LogP contribution in [0, 0.1) is 0 Å². The van der Waals surface area contributed by atoms with E-state index >= 15 is 0 Å². The second-order valence-electron chi connectivity index (χ2n) is 6.04. The van der Waals surface area contributed by atoms with Crippen LogP contribution < -0.4 is 0 Å². The maximum Gasteiger partial charge on any atom is 0.311 e. The molecule has 126 valence electrons. The van der Waals surface area contributed by atoms with Crippen LogP contribution in [0.25, 0.3) is 0 Å². The summed E-state index contributed by atoms with van der Waals surface area (Å²) in [5, 5.41) is 2.00. The van der Waals surface area contributed by atoms with Crippen LogP contribution in [0.15, 0.2) is 17.5 Å². The molecular formula is C19H32O2S. The third-order valence-corrected chi connectivity index (χ3v) is 4.91. The van der Waals surface area contributed by atoms with Crippen LogP contribution in [-0.4, -0.2) is 12.1 Å². The van der Waals surface area contributed by atoms with Crippen LogP contribution in [-0.2, 0) is 16.0 Å². The first-order valence-electron chi connectivity index (χ1n) is 8.98. The lowest BCUT2D eigenvalue weighted by atomic mass is 10.0. The van der Waals surface area contributed by atoms with Crippen molar-refractivity contribution >= 4 is 17.3 Å². The standard InChI is InChI=1S/C19H32O2S/c1-3-5-6-7-8-9-10-11-13-17(4-2)21-19(20)16-18-14-12-15-22-18/h12,14-15,17H,3-11,13,16H2,1-2H3. The van der Waals surface area contributed by atoms with Crippen molar-refractivity contribution in [3.05, 3.63) is 22.4 Å². The molecule has 1 aromatic heterocycles. The van der Waals surface area contributed by atoms with Gasteiger partial charge in [0.05, 0.1) is 6.42 Å². The molecule has 1 heterocycles. The second-order valence-corrected chi connectivity index (χ2v) is 7.07. The van der Waals surface area contributed by atoms with Crippen molar-refractivity contribution < 1.29 is 9.53 Å². The fourth-order valence-corrected chi connectivity index (χ4v) is 3.33. The molecular weight excluding hydrogens is 292 g/mol. The first kappa shape index (κ1) is 19.2. The van der Waals surface area contributed by atoms with Gasteiger partial charge < -0.3 is 4.74 Å². The zero-order chi connectivity index (χ0) is 16.0. The van der Waals surface area contributed by atoms with E-state index in [0.29, 0.717) is 6.42 Å². The molecule has 0 aromatic carbocycles. The Balaban J connectivity index is 2.05. The van der Waals surface area contributed by atoms with Gasteiger partial charge in [0.1, 0.15) is 6.10 Å². The van der Waals surface area contributed by atoms with Gasteiger partial charge in [0.25, 0.3) is 0 Å². The molecule has 0 spiro atoms. The largest absolute Gasteiger partial charge is 0.462 e. The molecule has 3 heteroatoms. The Labute approximate surface area is 140 Å². The Morgan fingerprint density at radius 2 is 1.77 bits per heavy atom. The Bertz CT molecular complexity index is 373. The van der Waals surface area contributed by atoms with Gasteiger partial charge in [-0.15, -0.1) is 11.3 Å². The summed E-state index contributed by atoms with van der Waals surface area (Å²) < 4.78 is 5.60. The molecule has 0 saturated heterocycles. The zero-order valence-corrected chi connectivity index (χ0v) is 15.1. The number of carbonyl (C=O) groups is 1. The topological polar surface area (TPSA) is 26.3 Å². The summed E-state index contributed by atoms with van der Waals surface area (Å²) in [4.78, 5) is 13.0. The molecule has 2 nitrogen and oxygen atoms in total. The fourth-order valence-electron chi connectivity index (χ4n) is 2.64. The van der Waals surface area contributed by atoms with Crippen LogP contribution in [0.1, 0.15) is 82.9 Å². The van der Waals surface area contributed by atoms with Crippen molar-refractivity contribution in [3.63, 3.8) is 0 Å². The molecule has 0 fully saturated rings. The monoisotopic (exact) mass is 324 g/mol. The number of thiophene rings is 1. The summed E-state index contributed by atoms with van der Waals surface area (Å²) in [6.45, 7) is 4.36. The van der Waals surface area contributed by atoms with Gasteiger partial charge in [-0.05, 0) is 30.7 Å². The van der Waals surface area contributed by atoms with E-state index in [1.54, 1.807) is 11.3 Å². The minimum atomic E-state index is -0.0751. The lowest BCUT2D eigenvalue weighted by molar-refractivity contribution is -0.148. The van der Waals surface area contributed by atoms with Crippen molar-refractivity contribution in [2.75, 3.05) is 0 Å². The van der Waals surface area contributed by atoms with Crippen LogP contribution in [0.3, 0.4) is 0 Å². The average Bonchev–Trinajstić information content (AvgIpc) is 3.01. The molecule has 1 unspecified atom stereocenters. The summed E-state index contributed by atoms with van der Waals surface area (Å²) in [5.74, 6) is -0.0751. The average molecular weight is 325 g/mol. The highest BCUT2D eigenvalue weighted by molar-refractivity contribution is 7.10. The highest BCUT2D eigenvalue weighted by Crippen LogP contribution is 2.15. The van der Waals surface area contributed by atoms with E-state index in [9.17, 15) is 4.79 Å². The van der Waals surface area contributed by atoms with Crippen LogP contribution in [0.4, 0.5) is 0 Å². The number of esters is 1. The second kappa shape index (κ2) is 12.7. The molecule has 22 heavy (non-hydrogen) atoms. The summed E-state index contributed by atoms with van der Waals surface area (Å²) >= 11 is 1.62. The molecule has 0 saturated carbocycles. The maximum atomic E-state index is 11.9. The Morgan fingerprint density at radius 3 is 2.36 bits per heavy atom. The predicted molar refractivity (Wildman–Crippen MR) is 95.4 cm³/mol. The van der Waals surface area contributed by atoms with Crippen molar-refractivity contribution in [2.24, 2.45) is 0 Å². The van der Waals surface area contributed by atoms with Crippen LogP contribution in [0.5, 0.6) is 0 Å². The maximum absolute atomic E-state index is 11.9. The van der Waals surface area contributed by atoms with E-state index in [-0.39, 0.29) is 12.1 Å². The quantitative estimate of drug-likeness (QED) is 0.321. The number of unbranched alkanes of at least 4 members (excludes halogenated alkanes) is 7. The molecule has 0 radical (unpaired) electrons. The lowest BCUT2D eigenvalue weighted by Crippen LogP contribution is -2.18. The molecule has 1 rings (SSSR count). The molecule has 1 atom stereocenters. The van der Waals surface area contributed by atoms with E-state index in [1.165, 1.54) is 51.4 Å². The molecule has 0 aliphatic rings. The van der Waals surface area contributed by atoms with E-state index < -0.39 is 0 Å². The number of carbonyl (C=O) groups excluding carboxylic acids is 1. The SMILES string of the molecule is CCCCCCCCCCC(CC)OC(=O)Cc1cccs1. The van der Waals surface area contributed by atoms with Gasteiger partial charge in [-0.2, -0.15) is 0 Å². The van der Waals surface area contributed by atoms with Gasteiger partial charge in [0, 0.05) is 4.88 Å². The lowest BCUT2D eigenvalue weighted by Gasteiger charge is -2.16. The molecule has 0 aliphatic heterocycles. The Hall–Kier alpha value is -0.830. The summed E-state index contributed by atoms with van der Waals surface area (Å²) in [5.41, 5.74) is 0. The van der Waals surface area contributed by atoms with Crippen molar-refractivity contribution in [3.8, 4) is 0 Å². The summed E-state index contributed by atoms with van der Waals surface area (Å²) in [6, 6.07) is 3.97. The van der Waals surface area contributed by atoms with Crippen LogP contribution >= 0.6 is 11.3 Å². The first-order chi connectivity index (χ1) is 10.8. The highest BCUT2D eigenvalue weighted by Gasteiger charge is 2.13. The zero-order valence-electron chi connectivity index (χ0n) is 14.3. The van der Waals surface area contributed by atoms with Gasteiger partial charge in [0.15, 0.2) is 0 Å². The van der Waals surface area contributed by atoms with E-state index in [4.69, 9.17) is 4.74 Å². The number of hydrogen-bond donors (Lipinski definition) is 0. The number of rotatable bonds is 13. The third kappa shape index (κ3) is 9.24. The van der Waals surface area contributed by atoms with E-state index in [1.807, 2.05) is 17.5 Å².